The van der Waals surface area contributed by atoms with E-state index in [2.05, 4.69) is 30.7 Å². The SMILES string of the molecule is CC.CC(C)(C)OC(=O)NC(=NCCCC(NC(=O)c1cccnc1)C(=O)COC(C(F)(F)F)C(F)(F)F)NC(=O)OC(C)(C)C. The molecule has 0 fully saturated rings. The molecule has 12 nitrogen and oxygen atoms in total. The lowest BCUT2D eigenvalue weighted by molar-refractivity contribution is -0.319. The molecule has 0 aliphatic carbocycles. The number of halogens is 6. The molecule has 1 heterocycles. The predicted octanol–water partition coefficient (Wildman–Crippen LogP) is 5.47. The van der Waals surface area contributed by atoms with Gasteiger partial charge in [-0.25, -0.2) is 9.59 Å². The fourth-order valence-corrected chi connectivity index (χ4v) is 3.09. The summed E-state index contributed by atoms with van der Waals surface area (Å²) in [4.78, 5) is 57.4. The summed E-state index contributed by atoms with van der Waals surface area (Å²) in [7, 11) is 0. The number of Topliss-reactive ketones (excluding diaryl/α,β-unsaturated/α-hetero) is 1. The Labute approximate surface area is 263 Å². The lowest BCUT2D eigenvalue weighted by Gasteiger charge is -2.24. The standard InChI is InChI=1S/C26H35F6N5O7.C2H6/c1-23(2,3)43-21(40)36-20(37-22(41)44-24(4,5)6)34-12-8-10-16(35-18(39)15-9-7-11-33-13-15)17(38)14-42-19(25(27,28)29)26(30,31)32;1-2/h7,9,11,13,16,19H,8,10,12,14H2,1-6H3,(H,35,39)(H2,34,36,37,40,41);1-2H3. The highest BCUT2D eigenvalue weighted by Crippen LogP contribution is 2.35. The predicted molar refractivity (Wildman–Crippen MR) is 154 cm³/mol. The van der Waals surface area contributed by atoms with Crippen molar-refractivity contribution in [1.82, 2.24) is 20.9 Å². The van der Waals surface area contributed by atoms with Crippen LogP contribution in [-0.2, 0) is 19.0 Å². The number of alkyl halides is 6. The van der Waals surface area contributed by atoms with Crippen LogP contribution in [0.25, 0.3) is 0 Å². The molecule has 0 aliphatic heterocycles. The van der Waals surface area contributed by atoms with Crippen molar-refractivity contribution in [3.8, 4) is 0 Å². The van der Waals surface area contributed by atoms with E-state index in [0.717, 1.165) is 6.20 Å². The van der Waals surface area contributed by atoms with Crippen molar-refractivity contribution in [3.63, 3.8) is 0 Å². The first kappa shape index (κ1) is 42.0. The minimum atomic E-state index is -5.85. The highest BCUT2D eigenvalue weighted by Gasteiger charge is 2.58. The summed E-state index contributed by atoms with van der Waals surface area (Å²) in [6, 6.07) is 1.09. The van der Waals surface area contributed by atoms with Gasteiger partial charge < -0.3 is 19.5 Å². The molecule has 0 saturated heterocycles. The Morgan fingerprint density at radius 1 is 0.870 bits per heavy atom. The van der Waals surface area contributed by atoms with Crippen LogP contribution in [0.2, 0.25) is 0 Å². The molecule has 1 unspecified atom stereocenters. The average Bonchev–Trinajstić information content (AvgIpc) is 2.88. The maximum atomic E-state index is 12.9. The van der Waals surface area contributed by atoms with Crippen molar-refractivity contribution in [2.45, 2.75) is 104 Å². The zero-order valence-corrected chi connectivity index (χ0v) is 26.8. The largest absolute Gasteiger partial charge is 0.444 e. The van der Waals surface area contributed by atoms with E-state index >= 15 is 0 Å². The molecule has 1 aromatic rings. The van der Waals surface area contributed by atoms with Gasteiger partial charge in [0.25, 0.3) is 5.91 Å². The minimum absolute atomic E-state index is 0.0434. The average molecular weight is 674 g/mol. The lowest BCUT2D eigenvalue weighted by Crippen LogP contribution is -2.48. The first-order valence-corrected chi connectivity index (χ1v) is 14.0. The molecular formula is C28H41F6N5O7. The molecule has 0 saturated carbocycles. The fraction of sp³-hybridized carbons (Fsp3) is 0.643. The van der Waals surface area contributed by atoms with Crippen molar-refractivity contribution >= 4 is 29.8 Å². The number of hydrogen-bond donors (Lipinski definition) is 3. The van der Waals surface area contributed by atoms with E-state index < -0.39 is 72.1 Å². The van der Waals surface area contributed by atoms with E-state index in [4.69, 9.17) is 9.47 Å². The van der Waals surface area contributed by atoms with Crippen molar-refractivity contribution in [2.75, 3.05) is 13.2 Å². The molecule has 18 heteroatoms. The third-order valence-electron chi connectivity index (χ3n) is 4.76. The zero-order chi connectivity index (χ0) is 35.9. The van der Waals surface area contributed by atoms with Crippen molar-refractivity contribution in [2.24, 2.45) is 4.99 Å². The van der Waals surface area contributed by atoms with Gasteiger partial charge in [0.05, 0.1) is 11.6 Å². The second-order valence-corrected chi connectivity index (χ2v) is 11.1. The van der Waals surface area contributed by atoms with E-state index in [1.165, 1.54) is 18.3 Å². The van der Waals surface area contributed by atoms with Gasteiger partial charge in [-0.15, -0.1) is 0 Å². The molecule has 3 amide bonds. The Morgan fingerprint density at radius 3 is 1.78 bits per heavy atom. The minimum Gasteiger partial charge on any atom is -0.444 e. The number of ether oxygens (including phenoxy) is 3. The summed E-state index contributed by atoms with van der Waals surface area (Å²) >= 11 is 0. The van der Waals surface area contributed by atoms with Crippen LogP contribution in [0, 0.1) is 0 Å². The summed E-state index contributed by atoms with van der Waals surface area (Å²) in [6.07, 6.45) is -15.9. The number of pyridine rings is 1. The van der Waals surface area contributed by atoms with E-state index in [-0.39, 0.29) is 24.9 Å². The summed E-state index contributed by atoms with van der Waals surface area (Å²) in [6.45, 7) is 11.6. The first-order chi connectivity index (χ1) is 21.0. The maximum absolute atomic E-state index is 12.9. The molecule has 0 bridgehead atoms. The molecule has 0 aliphatic rings. The van der Waals surface area contributed by atoms with Gasteiger partial charge in [-0.3, -0.25) is 30.2 Å². The van der Waals surface area contributed by atoms with Gasteiger partial charge in [-0.1, -0.05) is 13.8 Å². The zero-order valence-electron chi connectivity index (χ0n) is 26.8. The monoisotopic (exact) mass is 673 g/mol. The first-order valence-electron chi connectivity index (χ1n) is 14.0. The van der Waals surface area contributed by atoms with E-state index in [9.17, 15) is 45.5 Å². The van der Waals surface area contributed by atoms with Crippen LogP contribution in [0.15, 0.2) is 29.5 Å². The number of rotatable bonds is 10. The van der Waals surface area contributed by atoms with Crippen molar-refractivity contribution in [3.05, 3.63) is 30.1 Å². The second-order valence-electron chi connectivity index (χ2n) is 11.1. The molecule has 0 aromatic carbocycles. The van der Waals surface area contributed by atoms with Crippen LogP contribution in [0.3, 0.4) is 0 Å². The summed E-state index contributed by atoms with van der Waals surface area (Å²) in [5.74, 6) is -2.59. The van der Waals surface area contributed by atoms with Crippen LogP contribution < -0.4 is 16.0 Å². The number of nitrogens with zero attached hydrogens (tertiary/aromatic N) is 2. The number of carbonyl (C=O) groups excluding carboxylic acids is 4. The number of aliphatic imine (C=N–C) groups is 1. The van der Waals surface area contributed by atoms with Gasteiger partial charge in [0, 0.05) is 18.9 Å². The summed E-state index contributed by atoms with van der Waals surface area (Å²) in [5, 5.41) is 6.67. The Morgan fingerprint density at radius 2 is 1.37 bits per heavy atom. The van der Waals surface area contributed by atoms with E-state index in [1.807, 2.05) is 13.8 Å². The molecule has 46 heavy (non-hydrogen) atoms. The number of guanidine groups is 1. The third kappa shape index (κ3) is 18.1. The molecule has 262 valence electrons. The van der Waals surface area contributed by atoms with Gasteiger partial charge in [0.2, 0.25) is 12.1 Å². The Bertz CT molecular complexity index is 1120. The van der Waals surface area contributed by atoms with Crippen LogP contribution in [0.1, 0.15) is 78.6 Å². The number of alkyl carbamates (subject to hydrolysis) is 2. The molecular weight excluding hydrogens is 632 g/mol. The summed E-state index contributed by atoms with van der Waals surface area (Å²) < 4.78 is 91.3. The van der Waals surface area contributed by atoms with Crippen molar-refractivity contribution in [1.29, 1.82) is 0 Å². The van der Waals surface area contributed by atoms with Gasteiger partial charge in [-0.05, 0) is 66.5 Å². The fourth-order valence-electron chi connectivity index (χ4n) is 3.09. The van der Waals surface area contributed by atoms with Crippen LogP contribution >= 0.6 is 0 Å². The number of aromatic nitrogens is 1. The number of hydrogen-bond acceptors (Lipinski definition) is 9. The van der Waals surface area contributed by atoms with E-state index in [1.54, 1.807) is 41.5 Å². The number of nitrogens with one attached hydrogen (secondary N) is 3. The topological polar surface area (TPSA) is 157 Å². The third-order valence-corrected chi connectivity index (χ3v) is 4.76. The Hall–Kier alpha value is -3.96. The van der Waals surface area contributed by atoms with Crippen LogP contribution in [0.4, 0.5) is 35.9 Å². The van der Waals surface area contributed by atoms with Crippen LogP contribution in [0.5, 0.6) is 0 Å². The Balaban J connectivity index is 0.00000991. The molecule has 1 atom stereocenters. The normalized spacial score (nSPS) is 12.6. The van der Waals surface area contributed by atoms with Gasteiger partial charge in [0.15, 0.2) is 5.78 Å². The van der Waals surface area contributed by atoms with E-state index in [0.29, 0.717) is 0 Å². The van der Waals surface area contributed by atoms with Gasteiger partial charge >= 0.3 is 24.5 Å². The smallest absolute Gasteiger partial charge is 0.423 e. The molecule has 0 radical (unpaired) electrons. The Kier molecular flexibility index (Phi) is 16.7. The van der Waals surface area contributed by atoms with Crippen molar-refractivity contribution < 1.29 is 59.7 Å². The lowest BCUT2D eigenvalue weighted by atomic mass is 10.1. The molecule has 1 aromatic heterocycles. The van der Waals surface area contributed by atoms with Crippen LogP contribution in [-0.4, -0.2) is 83.7 Å². The molecule has 3 N–H and O–H groups in total. The highest BCUT2D eigenvalue weighted by atomic mass is 19.4. The molecule has 1 rings (SSSR count). The second kappa shape index (κ2) is 18.3. The number of amides is 3. The quantitative estimate of drug-likeness (QED) is 0.128. The molecule has 0 spiro atoms. The van der Waals surface area contributed by atoms with Gasteiger partial charge in [0.1, 0.15) is 17.8 Å². The maximum Gasteiger partial charge on any atom is 0.423 e. The highest BCUT2D eigenvalue weighted by molar-refractivity contribution is 6.01. The number of carbonyl (C=O) groups is 4. The number of ketones is 1. The van der Waals surface area contributed by atoms with Gasteiger partial charge in [-0.2, -0.15) is 26.3 Å². The summed E-state index contributed by atoms with van der Waals surface area (Å²) in [5.41, 5.74) is -1.88.